The van der Waals surface area contributed by atoms with Gasteiger partial charge in [-0.15, -0.1) is 0 Å². The van der Waals surface area contributed by atoms with E-state index >= 15 is 0 Å². The summed E-state index contributed by atoms with van der Waals surface area (Å²) in [5.41, 5.74) is 4.84. The van der Waals surface area contributed by atoms with Gasteiger partial charge in [0.2, 0.25) is 0 Å². The summed E-state index contributed by atoms with van der Waals surface area (Å²) in [6.07, 6.45) is 8.20. The summed E-state index contributed by atoms with van der Waals surface area (Å²) < 4.78 is 0. The maximum Gasteiger partial charge on any atom is 0.252 e. The summed E-state index contributed by atoms with van der Waals surface area (Å²) in [7, 11) is 0. The minimum absolute atomic E-state index is 0.0261. The third-order valence-electron chi connectivity index (χ3n) is 6.04. The Morgan fingerprint density at radius 3 is 2.40 bits per heavy atom. The molecule has 1 saturated carbocycles. The zero-order valence-electron chi connectivity index (χ0n) is 18.2. The first-order valence-electron chi connectivity index (χ1n) is 11.4. The number of nitrogens with zero attached hydrogens (tertiary/aromatic N) is 1. The molecule has 0 spiro atoms. The van der Waals surface area contributed by atoms with E-state index in [2.05, 4.69) is 43.4 Å². The van der Waals surface area contributed by atoms with Crippen LogP contribution >= 0.6 is 0 Å². The van der Waals surface area contributed by atoms with E-state index in [-0.39, 0.29) is 11.9 Å². The third-order valence-corrected chi connectivity index (χ3v) is 6.04. The van der Waals surface area contributed by atoms with Crippen molar-refractivity contribution in [1.82, 2.24) is 10.3 Å². The van der Waals surface area contributed by atoms with Crippen molar-refractivity contribution in [2.45, 2.75) is 64.8 Å². The molecule has 1 fully saturated rings. The van der Waals surface area contributed by atoms with Crippen molar-refractivity contribution in [3.63, 3.8) is 0 Å². The highest BCUT2D eigenvalue weighted by Gasteiger charge is 2.19. The van der Waals surface area contributed by atoms with Gasteiger partial charge in [0.15, 0.2) is 0 Å². The number of hydrogen-bond acceptors (Lipinski definition) is 2. The van der Waals surface area contributed by atoms with Crippen LogP contribution in [0.3, 0.4) is 0 Å². The lowest BCUT2D eigenvalue weighted by atomic mass is 9.99. The predicted octanol–water partition coefficient (Wildman–Crippen LogP) is 6.55. The summed E-state index contributed by atoms with van der Waals surface area (Å²) >= 11 is 0. The zero-order chi connectivity index (χ0) is 20.9. The molecule has 1 aliphatic carbocycles. The Balaban J connectivity index is 1.66. The van der Waals surface area contributed by atoms with E-state index in [9.17, 15) is 4.79 Å². The zero-order valence-corrected chi connectivity index (χ0v) is 18.2. The second-order valence-electron chi connectivity index (χ2n) is 9.03. The highest BCUT2D eigenvalue weighted by molar-refractivity contribution is 6.07. The number of hydrogen-bond donors (Lipinski definition) is 1. The van der Waals surface area contributed by atoms with Gasteiger partial charge in [0.1, 0.15) is 0 Å². The lowest BCUT2D eigenvalue weighted by Gasteiger charge is -2.17. The van der Waals surface area contributed by atoms with Crippen LogP contribution in [0.25, 0.3) is 22.2 Å². The molecular weight excluding hydrogens is 368 g/mol. The lowest BCUT2D eigenvalue weighted by Crippen LogP contribution is -2.34. The number of para-hydroxylation sites is 1. The average molecular weight is 401 g/mol. The molecule has 2 aromatic carbocycles. The molecular formula is C27H32N2O. The second kappa shape index (κ2) is 9.42. The Morgan fingerprint density at radius 1 is 1.00 bits per heavy atom. The van der Waals surface area contributed by atoms with Gasteiger partial charge in [0.25, 0.3) is 5.91 Å². The molecule has 0 bridgehead atoms. The predicted molar refractivity (Wildman–Crippen MR) is 125 cm³/mol. The molecule has 1 aromatic heterocycles. The van der Waals surface area contributed by atoms with Gasteiger partial charge in [-0.2, -0.15) is 0 Å². The SMILES string of the molecule is CC(C)Cc1ccc(-c2cc(C(=O)NC3CCCCCC3)c3ccccc3n2)cc1. The fourth-order valence-electron chi connectivity index (χ4n) is 4.48. The number of aromatic nitrogens is 1. The van der Waals surface area contributed by atoms with Gasteiger partial charge in [0.05, 0.1) is 16.8 Å². The van der Waals surface area contributed by atoms with E-state index in [0.717, 1.165) is 47.0 Å². The fraction of sp³-hybridized carbons (Fsp3) is 0.407. The van der Waals surface area contributed by atoms with Gasteiger partial charge in [0, 0.05) is 17.0 Å². The standard InChI is InChI=1S/C27H32N2O/c1-19(2)17-20-13-15-21(16-14-20)26-18-24(23-11-7-8-12-25(23)29-26)27(30)28-22-9-5-3-4-6-10-22/h7-8,11-16,18-19,22H,3-6,9-10,17H2,1-2H3,(H,28,30). The number of benzene rings is 2. The maximum absolute atomic E-state index is 13.3. The van der Waals surface area contributed by atoms with Crippen LogP contribution < -0.4 is 5.32 Å². The third kappa shape index (κ3) is 4.89. The molecule has 3 aromatic rings. The summed E-state index contributed by atoms with van der Waals surface area (Å²) in [6, 6.07) is 18.8. The first kappa shape index (κ1) is 20.6. The van der Waals surface area contributed by atoms with E-state index in [1.54, 1.807) is 0 Å². The molecule has 1 heterocycles. The van der Waals surface area contributed by atoms with E-state index in [4.69, 9.17) is 4.98 Å². The number of amides is 1. The van der Waals surface area contributed by atoms with Crippen LogP contribution in [0.1, 0.15) is 68.3 Å². The first-order valence-corrected chi connectivity index (χ1v) is 11.4. The molecule has 1 N–H and O–H groups in total. The summed E-state index contributed by atoms with van der Waals surface area (Å²) in [4.78, 5) is 18.1. The van der Waals surface area contributed by atoms with Crippen molar-refractivity contribution in [3.05, 3.63) is 65.7 Å². The minimum Gasteiger partial charge on any atom is -0.349 e. The number of carbonyl (C=O) groups is 1. The van der Waals surface area contributed by atoms with Crippen molar-refractivity contribution < 1.29 is 4.79 Å². The summed E-state index contributed by atoms with van der Waals surface area (Å²) in [5.74, 6) is 0.659. The van der Waals surface area contributed by atoms with Gasteiger partial charge in [-0.25, -0.2) is 4.98 Å². The highest BCUT2D eigenvalue weighted by atomic mass is 16.1. The topological polar surface area (TPSA) is 42.0 Å². The van der Waals surface area contributed by atoms with E-state index in [1.807, 2.05) is 30.3 Å². The van der Waals surface area contributed by atoms with Gasteiger partial charge in [-0.1, -0.05) is 82.0 Å². The molecule has 4 rings (SSSR count). The Bertz CT molecular complexity index is 999. The molecule has 1 amide bonds. The normalized spacial score (nSPS) is 15.3. The van der Waals surface area contributed by atoms with Crippen LogP contribution in [0.2, 0.25) is 0 Å². The molecule has 0 saturated heterocycles. The van der Waals surface area contributed by atoms with Crippen LogP contribution in [0.4, 0.5) is 0 Å². The molecule has 3 heteroatoms. The first-order chi connectivity index (χ1) is 14.6. The molecule has 156 valence electrons. The van der Waals surface area contributed by atoms with Crippen molar-refractivity contribution in [3.8, 4) is 11.3 Å². The van der Waals surface area contributed by atoms with Crippen molar-refractivity contribution in [1.29, 1.82) is 0 Å². The van der Waals surface area contributed by atoms with Gasteiger partial charge >= 0.3 is 0 Å². The summed E-state index contributed by atoms with van der Waals surface area (Å²) in [6.45, 7) is 4.47. The maximum atomic E-state index is 13.3. The molecule has 0 aliphatic heterocycles. The van der Waals surface area contributed by atoms with Crippen molar-refractivity contribution >= 4 is 16.8 Å². The molecule has 0 unspecified atom stereocenters. The quantitative estimate of drug-likeness (QED) is 0.493. The lowest BCUT2D eigenvalue weighted by molar-refractivity contribution is 0.0935. The van der Waals surface area contributed by atoms with Crippen LogP contribution in [-0.4, -0.2) is 16.9 Å². The molecule has 0 radical (unpaired) electrons. The second-order valence-corrected chi connectivity index (χ2v) is 9.03. The van der Waals surface area contributed by atoms with Crippen LogP contribution in [0.5, 0.6) is 0 Å². The molecule has 30 heavy (non-hydrogen) atoms. The largest absolute Gasteiger partial charge is 0.349 e. The Hall–Kier alpha value is -2.68. The van der Waals surface area contributed by atoms with Crippen LogP contribution in [-0.2, 0) is 6.42 Å². The number of carbonyl (C=O) groups excluding carboxylic acids is 1. The van der Waals surface area contributed by atoms with Gasteiger partial charge in [-0.05, 0) is 42.9 Å². The van der Waals surface area contributed by atoms with Crippen molar-refractivity contribution in [2.24, 2.45) is 5.92 Å². The Kier molecular flexibility index (Phi) is 6.47. The van der Waals surface area contributed by atoms with E-state index in [0.29, 0.717) is 5.92 Å². The number of nitrogens with one attached hydrogen (secondary N) is 1. The van der Waals surface area contributed by atoms with Crippen LogP contribution in [0.15, 0.2) is 54.6 Å². The number of pyridine rings is 1. The number of fused-ring (bicyclic) bond motifs is 1. The molecule has 3 nitrogen and oxygen atoms in total. The smallest absolute Gasteiger partial charge is 0.252 e. The Labute approximate surface area is 179 Å². The molecule has 0 atom stereocenters. The van der Waals surface area contributed by atoms with Crippen molar-refractivity contribution in [2.75, 3.05) is 0 Å². The Morgan fingerprint density at radius 2 is 1.70 bits per heavy atom. The fourth-order valence-corrected chi connectivity index (χ4v) is 4.48. The van der Waals surface area contributed by atoms with Gasteiger partial charge in [-0.3, -0.25) is 4.79 Å². The number of rotatable bonds is 5. The minimum atomic E-state index is 0.0261. The average Bonchev–Trinajstić information content (AvgIpc) is 3.01. The monoisotopic (exact) mass is 400 g/mol. The van der Waals surface area contributed by atoms with E-state index < -0.39 is 0 Å². The summed E-state index contributed by atoms with van der Waals surface area (Å²) in [5, 5.41) is 4.23. The van der Waals surface area contributed by atoms with Crippen LogP contribution in [0, 0.1) is 5.92 Å². The van der Waals surface area contributed by atoms with Gasteiger partial charge < -0.3 is 5.32 Å². The van der Waals surface area contributed by atoms with E-state index in [1.165, 1.54) is 31.2 Å². The highest BCUT2D eigenvalue weighted by Crippen LogP contribution is 2.26. The molecule has 1 aliphatic rings.